The summed E-state index contributed by atoms with van der Waals surface area (Å²) >= 11 is 12.0. The Kier molecular flexibility index (Phi) is 6.63. The minimum absolute atomic E-state index is 0.00680. The van der Waals surface area contributed by atoms with E-state index in [0.29, 0.717) is 10.0 Å². The average molecular weight is 304 g/mol. The van der Waals surface area contributed by atoms with Crippen LogP contribution in [0.3, 0.4) is 0 Å². The van der Waals surface area contributed by atoms with Crippen LogP contribution in [0, 0.1) is 5.92 Å². The molecular formula is C14H19Cl2NO2. The van der Waals surface area contributed by atoms with Gasteiger partial charge in [0, 0.05) is 16.1 Å². The molecule has 0 spiro atoms. The molecule has 0 amide bonds. The third-order valence-electron chi connectivity index (χ3n) is 3.34. The van der Waals surface area contributed by atoms with Gasteiger partial charge in [-0.25, -0.2) is 0 Å². The summed E-state index contributed by atoms with van der Waals surface area (Å²) in [6.45, 7) is 2.02. The molecule has 3 nitrogen and oxygen atoms in total. The summed E-state index contributed by atoms with van der Waals surface area (Å²) in [5.74, 6) is -0.668. The Morgan fingerprint density at radius 1 is 1.42 bits per heavy atom. The SMILES string of the molecule is CCC(CCc1ccc(Cl)cc1Cl)C(N)CC(=O)O. The topological polar surface area (TPSA) is 63.3 Å². The molecule has 0 saturated carbocycles. The summed E-state index contributed by atoms with van der Waals surface area (Å²) in [7, 11) is 0. The first-order valence-electron chi connectivity index (χ1n) is 6.35. The number of hydrogen-bond acceptors (Lipinski definition) is 2. The molecule has 0 aliphatic heterocycles. The molecule has 1 aromatic rings. The van der Waals surface area contributed by atoms with E-state index in [9.17, 15) is 4.79 Å². The van der Waals surface area contributed by atoms with Gasteiger partial charge in [0.05, 0.1) is 6.42 Å². The maximum absolute atomic E-state index is 10.7. The molecule has 2 unspecified atom stereocenters. The molecule has 0 bridgehead atoms. The highest BCUT2D eigenvalue weighted by atomic mass is 35.5. The van der Waals surface area contributed by atoms with Crippen molar-refractivity contribution in [2.24, 2.45) is 11.7 Å². The Hall–Kier alpha value is -0.770. The number of aliphatic carboxylic acids is 1. The molecule has 0 aliphatic carbocycles. The Bertz CT molecular complexity index is 437. The first kappa shape index (κ1) is 16.3. The van der Waals surface area contributed by atoms with E-state index < -0.39 is 5.97 Å². The molecular weight excluding hydrogens is 285 g/mol. The second-order valence-electron chi connectivity index (χ2n) is 4.70. The van der Waals surface area contributed by atoms with Crippen LogP contribution in [0.25, 0.3) is 0 Å². The lowest BCUT2D eigenvalue weighted by Gasteiger charge is -2.21. The minimum Gasteiger partial charge on any atom is -0.481 e. The predicted molar refractivity (Wildman–Crippen MR) is 78.8 cm³/mol. The molecule has 0 aromatic heterocycles. The molecule has 2 atom stereocenters. The maximum atomic E-state index is 10.7. The van der Waals surface area contributed by atoms with Crippen LogP contribution in [-0.2, 0) is 11.2 Å². The van der Waals surface area contributed by atoms with E-state index in [4.69, 9.17) is 34.0 Å². The summed E-state index contributed by atoms with van der Waals surface area (Å²) in [6.07, 6.45) is 2.47. The van der Waals surface area contributed by atoms with E-state index in [1.54, 1.807) is 12.1 Å². The van der Waals surface area contributed by atoms with Gasteiger partial charge in [-0.3, -0.25) is 4.79 Å². The summed E-state index contributed by atoms with van der Waals surface area (Å²) < 4.78 is 0. The molecule has 19 heavy (non-hydrogen) atoms. The van der Waals surface area contributed by atoms with Crippen LogP contribution >= 0.6 is 23.2 Å². The predicted octanol–water partition coefficient (Wildman–Crippen LogP) is 3.75. The molecule has 0 aliphatic rings. The van der Waals surface area contributed by atoms with Gasteiger partial charge >= 0.3 is 5.97 Å². The van der Waals surface area contributed by atoms with E-state index >= 15 is 0 Å². The van der Waals surface area contributed by atoms with E-state index in [2.05, 4.69) is 0 Å². The van der Waals surface area contributed by atoms with Gasteiger partial charge in [0.15, 0.2) is 0 Å². The highest BCUT2D eigenvalue weighted by Gasteiger charge is 2.19. The van der Waals surface area contributed by atoms with E-state index in [1.165, 1.54) is 0 Å². The smallest absolute Gasteiger partial charge is 0.304 e. The van der Waals surface area contributed by atoms with Crippen molar-refractivity contribution in [2.75, 3.05) is 0 Å². The summed E-state index contributed by atoms with van der Waals surface area (Å²) in [6, 6.07) is 5.12. The van der Waals surface area contributed by atoms with Crippen LogP contribution in [-0.4, -0.2) is 17.1 Å². The van der Waals surface area contributed by atoms with Gasteiger partial charge in [-0.15, -0.1) is 0 Å². The van der Waals surface area contributed by atoms with Crippen LogP contribution in [0.2, 0.25) is 10.0 Å². The first-order chi connectivity index (χ1) is 8.93. The Morgan fingerprint density at radius 3 is 2.63 bits per heavy atom. The maximum Gasteiger partial charge on any atom is 0.304 e. The number of benzene rings is 1. The molecule has 106 valence electrons. The van der Waals surface area contributed by atoms with Gasteiger partial charge in [0.1, 0.15) is 0 Å². The van der Waals surface area contributed by atoms with Gasteiger partial charge in [0.2, 0.25) is 0 Å². The second-order valence-corrected chi connectivity index (χ2v) is 5.55. The van der Waals surface area contributed by atoms with Gasteiger partial charge in [-0.05, 0) is 36.5 Å². The fourth-order valence-electron chi connectivity index (χ4n) is 2.15. The number of carboxylic acid groups (broad SMARTS) is 1. The number of nitrogens with two attached hydrogens (primary N) is 1. The Morgan fingerprint density at radius 2 is 2.11 bits per heavy atom. The van der Waals surface area contributed by atoms with Crippen molar-refractivity contribution < 1.29 is 9.90 Å². The van der Waals surface area contributed by atoms with Crippen molar-refractivity contribution in [3.05, 3.63) is 33.8 Å². The fourth-order valence-corrected chi connectivity index (χ4v) is 2.66. The molecule has 0 saturated heterocycles. The largest absolute Gasteiger partial charge is 0.481 e. The second kappa shape index (κ2) is 7.73. The van der Waals surface area contributed by atoms with E-state index in [1.807, 2.05) is 13.0 Å². The highest BCUT2D eigenvalue weighted by molar-refractivity contribution is 6.35. The van der Waals surface area contributed by atoms with Crippen LogP contribution in [0.5, 0.6) is 0 Å². The van der Waals surface area contributed by atoms with Crippen molar-refractivity contribution in [1.82, 2.24) is 0 Å². The molecule has 3 N–H and O–H groups in total. The number of carboxylic acids is 1. The summed E-state index contributed by atoms with van der Waals surface area (Å²) in [5.41, 5.74) is 6.94. The van der Waals surface area contributed by atoms with Gasteiger partial charge in [0.25, 0.3) is 0 Å². The van der Waals surface area contributed by atoms with Crippen molar-refractivity contribution in [3.63, 3.8) is 0 Å². The standard InChI is InChI=1S/C14H19Cl2NO2/c1-2-9(13(17)8-14(18)19)3-4-10-5-6-11(15)7-12(10)16/h5-7,9,13H,2-4,8,17H2,1H3,(H,18,19). The van der Waals surface area contributed by atoms with Crippen molar-refractivity contribution in [3.8, 4) is 0 Å². The van der Waals surface area contributed by atoms with Crippen molar-refractivity contribution >= 4 is 29.2 Å². The lowest BCUT2D eigenvalue weighted by molar-refractivity contribution is -0.137. The van der Waals surface area contributed by atoms with Gasteiger partial charge in [-0.1, -0.05) is 42.6 Å². The van der Waals surface area contributed by atoms with Crippen LogP contribution in [0.4, 0.5) is 0 Å². The molecule has 1 rings (SSSR count). The Labute approximate surface area is 123 Å². The van der Waals surface area contributed by atoms with Crippen LogP contribution < -0.4 is 5.73 Å². The number of rotatable bonds is 7. The quantitative estimate of drug-likeness (QED) is 0.806. The highest BCUT2D eigenvalue weighted by Crippen LogP contribution is 2.25. The molecule has 1 aromatic carbocycles. The zero-order valence-electron chi connectivity index (χ0n) is 10.9. The number of hydrogen-bond donors (Lipinski definition) is 2. The molecule has 0 heterocycles. The number of carbonyl (C=O) groups is 1. The monoisotopic (exact) mass is 303 g/mol. The average Bonchev–Trinajstić information content (AvgIpc) is 2.31. The zero-order chi connectivity index (χ0) is 14.4. The number of aryl methyl sites for hydroxylation is 1. The zero-order valence-corrected chi connectivity index (χ0v) is 12.4. The van der Waals surface area contributed by atoms with E-state index in [-0.39, 0.29) is 18.4 Å². The van der Waals surface area contributed by atoms with E-state index in [0.717, 1.165) is 24.8 Å². The fraction of sp³-hybridized carbons (Fsp3) is 0.500. The van der Waals surface area contributed by atoms with Gasteiger partial charge in [-0.2, -0.15) is 0 Å². The van der Waals surface area contributed by atoms with Crippen LogP contribution in [0.1, 0.15) is 31.7 Å². The molecule has 5 heteroatoms. The minimum atomic E-state index is -0.851. The molecule has 0 fully saturated rings. The third-order valence-corrected chi connectivity index (χ3v) is 3.93. The Balaban J connectivity index is 2.59. The number of halogens is 2. The lowest BCUT2D eigenvalue weighted by Crippen LogP contribution is -2.32. The molecule has 0 radical (unpaired) electrons. The van der Waals surface area contributed by atoms with Gasteiger partial charge < -0.3 is 10.8 Å². The summed E-state index contributed by atoms with van der Waals surface area (Å²) in [5, 5.41) is 10.0. The van der Waals surface area contributed by atoms with Crippen molar-refractivity contribution in [2.45, 2.75) is 38.6 Å². The van der Waals surface area contributed by atoms with Crippen LogP contribution in [0.15, 0.2) is 18.2 Å². The normalized spacial score (nSPS) is 14.1. The lowest BCUT2D eigenvalue weighted by atomic mass is 9.89. The van der Waals surface area contributed by atoms with Crippen molar-refractivity contribution in [1.29, 1.82) is 0 Å². The summed E-state index contributed by atoms with van der Waals surface area (Å²) in [4.78, 5) is 10.7. The third kappa shape index (κ3) is 5.39. The first-order valence-corrected chi connectivity index (χ1v) is 7.11.